The van der Waals surface area contributed by atoms with Gasteiger partial charge in [0.05, 0.1) is 17.7 Å². The Morgan fingerprint density at radius 3 is 2.83 bits per heavy atom. The lowest BCUT2D eigenvalue weighted by molar-refractivity contribution is -0.142. The molecule has 12 heavy (non-hydrogen) atoms. The minimum Gasteiger partial charge on any atom is -0.465 e. The second kappa shape index (κ2) is 3.94. The molecule has 0 aromatic heterocycles. The topological polar surface area (TPSA) is 38.7 Å². The Labute approximate surface area is 76.6 Å². The fourth-order valence-electron chi connectivity index (χ4n) is 1.14. The summed E-state index contributed by atoms with van der Waals surface area (Å²) in [6.07, 6.45) is 0. The molecule has 0 saturated heterocycles. The molecule has 68 valence electrons. The van der Waals surface area contributed by atoms with Gasteiger partial charge in [-0.1, -0.05) is 11.8 Å². The Kier molecular flexibility index (Phi) is 3.14. The van der Waals surface area contributed by atoms with Crippen molar-refractivity contribution in [2.75, 3.05) is 6.61 Å². The standard InChI is InChI=1S/C8H13NO2S/c1-4-11-8(10)7-5(2)9-6(3)12-7/h5,7H,4H2,1-3H3/t5-,7+/m0/s1. The van der Waals surface area contributed by atoms with E-state index < -0.39 is 0 Å². The molecular weight excluding hydrogens is 174 g/mol. The smallest absolute Gasteiger partial charge is 0.321 e. The number of rotatable bonds is 2. The summed E-state index contributed by atoms with van der Waals surface area (Å²) in [7, 11) is 0. The van der Waals surface area contributed by atoms with Gasteiger partial charge in [0.2, 0.25) is 0 Å². The molecule has 0 aromatic carbocycles. The lowest BCUT2D eigenvalue weighted by Gasteiger charge is -2.10. The van der Waals surface area contributed by atoms with Gasteiger partial charge in [0.25, 0.3) is 0 Å². The van der Waals surface area contributed by atoms with Crippen LogP contribution >= 0.6 is 11.8 Å². The fraction of sp³-hybridized carbons (Fsp3) is 0.750. The normalized spacial score (nSPS) is 28.4. The van der Waals surface area contributed by atoms with Crippen LogP contribution < -0.4 is 0 Å². The van der Waals surface area contributed by atoms with Crippen LogP contribution in [0.2, 0.25) is 0 Å². The molecule has 4 heteroatoms. The van der Waals surface area contributed by atoms with Crippen molar-refractivity contribution < 1.29 is 9.53 Å². The largest absolute Gasteiger partial charge is 0.465 e. The molecule has 1 heterocycles. The Balaban J connectivity index is 2.51. The number of thioether (sulfide) groups is 1. The highest BCUT2D eigenvalue weighted by molar-refractivity contribution is 8.15. The second-order valence-corrected chi connectivity index (χ2v) is 4.01. The van der Waals surface area contributed by atoms with Gasteiger partial charge in [0.15, 0.2) is 0 Å². The molecule has 0 amide bonds. The van der Waals surface area contributed by atoms with E-state index in [2.05, 4.69) is 4.99 Å². The molecule has 0 radical (unpaired) electrons. The maximum absolute atomic E-state index is 11.3. The molecule has 0 aliphatic carbocycles. The van der Waals surface area contributed by atoms with Crippen molar-refractivity contribution in [3.05, 3.63) is 0 Å². The number of esters is 1. The lowest BCUT2D eigenvalue weighted by atomic mass is 10.2. The van der Waals surface area contributed by atoms with Crippen LogP contribution in [0.4, 0.5) is 0 Å². The van der Waals surface area contributed by atoms with Crippen molar-refractivity contribution in [3.8, 4) is 0 Å². The van der Waals surface area contributed by atoms with Crippen LogP contribution in [0.15, 0.2) is 4.99 Å². The van der Waals surface area contributed by atoms with Crippen LogP contribution in [0, 0.1) is 0 Å². The summed E-state index contributed by atoms with van der Waals surface area (Å²) in [5.74, 6) is -0.143. The summed E-state index contributed by atoms with van der Waals surface area (Å²) in [6.45, 7) is 6.11. The number of hydrogen-bond acceptors (Lipinski definition) is 4. The van der Waals surface area contributed by atoms with Crippen LogP contribution in [0.25, 0.3) is 0 Å². The van der Waals surface area contributed by atoms with E-state index in [1.54, 1.807) is 0 Å². The maximum atomic E-state index is 11.3. The van der Waals surface area contributed by atoms with E-state index in [0.717, 1.165) is 5.04 Å². The number of ether oxygens (including phenoxy) is 1. The molecular formula is C8H13NO2S. The summed E-state index contributed by atoms with van der Waals surface area (Å²) < 4.78 is 4.91. The van der Waals surface area contributed by atoms with Gasteiger partial charge in [-0.05, 0) is 20.8 Å². The van der Waals surface area contributed by atoms with E-state index in [9.17, 15) is 4.79 Å². The van der Waals surface area contributed by atoms with Gasteiger partial charge in [-0.25, -0.2) is 0 Å². The Morgan fingerprint density at radius 2 is 2.42 bits per heavy atom. The van der Waals surface area contributed by atoms with Crippen molar-refractivity contribution in [1.82, 2.24) is 0 Å². The average molecular weight is 187 g/mol. The third kappa shape index (κ3) is 2.00. The number of carbonyl (C=O) groups excluding carboxylic acids is 1. The second-order valence-electron chi connectivity index (χ2n) is 2.68. The summed E-state index contributed by atoms with van der Waals surface area (Å²) in [6, 6.07) is 0.0639. The van der Waals surface area contributed by atoms with E-state index in [4.69, 9.17) is 4.74 Å². The van der Waals surface area contributed by atoms with Crippen molar-refractivity contribution >= 4 is 22.8 Å². The van der Waals surface area contributed by atoms with Gasteiger partial charge in [-0.2, -0.15) is 0 Å². The highest BCUT2D eigenvalue weighted by Gasteiger charge is 2.32. The van der Waals surface area contributed by atoms with Crippen molar-refractivity contribution in [2.45, 2.75) is 32.1 Å². The van der Waals surface area contributed by atoms with Crippen LogP contribution in [0.3, 0.4) is 0 Å². The number of carbonyl (C=O) groups is 1. The predicted molar refractivity (Wildman–Crippen MR) is 50.6 cm³/mol. The van der Waals surface area contributed by atoms with Crippen LogP contribution in [0.1, 0.15) is 20.8 Å². The summed E-state index contributed by atoms with van der Waals surface area (Å²) in [4.78, 5) is 15.5. The van der Waals surface area contributed by atoms with Gasteiger partial charge in [0.1, 0.15) is 5.25 Å². The number of aliphatic imine (C=N–C) groups is 1. The van der Waals surface area contributed by atoms with Crippen molar-refractivity contribution in [1.29, 1.82) is 0 Å². The molecule has 0 N–H and O–H groups in total. The third-order valence-electron chi connectivity index (χ3n) is 1.64. The first-order chi connectivity index (χ1) is 5.65. The molecule has 3 nitrogen and oxygen atoms in total. The molecule has 0 fully saturated rings. The Hall–Kier alpha value is -0.510. The average Bonchev–Trinajstić information content (AvgIpc) is 2.30. The first kappa shape index (κ1) is 9.58. The van der Waals surface area contributed by atoms with Crippen LogP contribution in [-0.4, -0.2) is 28.9 Å². The first-order valence-corrected chi connectivity index (χ1v) is 4.90. The molecule has 1 rings (SSSR count). The molecule has 0 aromatic rings. The van der Waals surface area contributed by atoms with Crippen LogP contribution in [-0.2, 0) is 9.53 Å². The maximum Gasteiger partial charge on any atom is 0.321 e. The highest BCUT2D eigenvalue weighted by atomic mass is 32.2. The molecule has 0 saturated carbocycles. The summed E-state index contributed by atoms with van der Waals surface area (Å²) in [5, 5.41) is 0.852. The van der Waals surface area contributed by atoms with Crippen LogP contribution in [0.5, 0.6) is 0 Å². The zero-order valence-corrected chi connectivity index (χ0v) is 8.35. The predicted octanol–water partition coefficient (Wildman–Crippen LogP) is 1.47. The van der Waals surface area contributed by atoms with Gasteiger partial charge in [-0.15, -0.1) is 0 Å². The van der Waals surface area contributed by atoms with E-state index in [0.29, 0.717) is 6.61 Å². The zero-order chi connectivity index (χ0) is 9.14. The van der Waals surface area contributed by atoms with Crippen molar-refractivity contribution in [3.63, 3.8) is 0 Å². The first-order valence-electron chi connectivity index (χ1n) is 4.03. The Morgan fingerprint density at radius 1 is 1.75 bits per heavy atom. The van der Waals surface area contributed by atoms with E-state index in [1.807, 2.05) is 20.8 Å². The molecule has 1 aliphatic heterocycles. The summed E-state index contributed by atoms with van der Waals surface area (Å²) in [5.41, 5.74) is 0. The Bertz CT molecular complexity index is 215. The third-order valence-corrected chi connectivity index (χ3v) is 2.93. The summed E-state index contributed by atoms with van der Waals surface area (Å²) >= 11 is 1.50. The minimum absolute atomic E-state index is 0.0639. The van der Waals surface area contributed by atoms with E-state index in [-0.39, 0.29) is 17.3 Å². The molecule has 1 aliphatic rings. The molecule has 0 unspecified atom stereocenters. The van der Waals surface area contributed by atoms with Gasteiger partial charge >= 0.3 is 5.97 Å². The zero-order valence-electron chi connectivity index (χ0n) is 7.53. The monoisotopic (exact) mass is 187 g/mol. The van der Waals surface area contributed by atoms with Crippen molar-refractivity contribution in [2.24, 2.45) is 4.99 Å². The van der Waals surface area contributed by atoms with Gasteiger partial charge in [0, 0.05) is 0 Å². The van der Waals surface area contributed by atoms with E-state index in [1.165, 1.54) is 11.8 Å². The number of hydrogen-bond donors (Lipinski definition) is 0. The molecule has 0 bridgehead atoms. The minimum atomic E-state index is -0.143. The number of nitrogens with zero attached hydrogens (tertiary/aromatic N) is 1. The van der Waals surface area contributed by atoms with Gasteiger partial charge < -0.3 is 4.74 Å². The SMILES string of the molecule is CCOC(=O)[C@@H]1SC(C)=N[C@H]1C. The van der Waals surface area contributed by atoms with E-state index >= 15 is 0 Å². The molecule has 0 spiro atoms. The molecule has 2 atom stereocenters. The fourth-order valence-corrected chi connectivity index (χ4v) is 2.15. The van der Waals surface area contributed by atoms with Gasteiger partial charge in [-0.3, -0.25) is 9.79 Å². The quantitative estimate of drug-likeness (QED) is 0.614. The highest BCUT2D eigenvalue weighted by Crippen LogP contribution is 2.27. The lowest BCUT2D eigenvalue weighted by Crippen LogP contribution is -2.26.